The number of hydrogen-bond donors (Lipinski definition) is 0. The van der Waals surface area contributed by atoms with Crippen molar-refractivity contribution in [1.82, 2.24) is 0 Å². The zero-order chi connectivity index (χ0) is 12.5. The van der Waals surface area contributed by atoms with Crippen molar-refractivity contribution in [3.05, 3.63) is 36.0 Å². The van der Waals surface area contributed by atoms with Crippen LogP contribution >= 0.6 is 0 Å². The highest BCUT2D eigenvalue weighted by atomic mass is 16.5. The molecular weight excluding hydrogens is 212 g/mol. The predicted octanol–water partition coefficient (Wildman–Crippen LogP) is 3.94. The standard InChI is InChI=1S/C15H22O2/c1-3-15(16)17-13(2)11-12-14-9-7-5-4-6-8-10-14/h5-9,13H,3-4,10-12H2,1-2H3/b7-5-,8-6-,14-9+/t13-/m0/s1. The molecule has 1 atom stereocenters. The molecule has 0 aromatic heterocycles. The number of esters is 1. The molecule has 1 aliphatic rings. The fraction of sp³-hybridized carbons (Fsp3) is 0.533. The third-order valence-electron chi connectivity index (χ3n) is 2.78. The maximum atomic E-state index is 11.1. The SMILES string of the molecule is CCC(=O)O[C@@H](C)CC/C1=C/C=C\C/C=C\C1. The summed E-state index contributed by atoms with van der Waals surface area (Å²) in [7, 11) is 0. The number of allylic oxidation sites excluding steroid dienone is 6. The molecule has 94 valence electrons. The molecule has 0 radical (unpaired) electrons. The highest BCUT2D eigenvalue weighted by molar-refractivity contribution is 5.69. The molecule has 17 heavy (non-hydrogen) atoms. The van der Waals surface area contributed by atoms with Gasteiger partial charge in [-0.15, -0.1) is 0 Å². The normalized spacial score (nSPS) is 23.8. The number of ether oxygens (including phenoxy) is 1. The largest absolute Gasteiger partial charge is 0.463 e. The van der Waals surface area contributed by atoms with E-state index in [0.29, 0.717) is 6.42 Å². The van der Waals surface area contributed by atoms with Gasteiger partial charge in [0.2, 0.25) is 0 Å². The van der Waals surface area contributed by atoms with Gasteiger partial charge >= 0.3 is 5.97 Å². The van der Waals surface area contributed by atoms with Crippen LogP contribution in [0, 0.1) is 0 Å². The topological polar surface area (TPSA) is 26.3 Å². The van der Waals surface area contributed by atoms with Gasteiger partial charge in [0.15, 0.2) is 0 Å². The average molecular weight is 234 g/mol. The van der Waals surface area contributed by atoms with Gasteiger partial charge in [-0.2, -0.15) is 0 Å². The Balaban J connectivity index is 2.33. The summed E-state index contributed by atoms with van der Waals surface area (Å²) in [6.45, 7) is 3.78. The van der Waals surface area contributed by atoms with E-state index >= 15 is 0 Å². The molecule has 0 aliphatic heterocycles. The fourth-order valence-electron chi connectivity index (χ4n) is 1.70. The Labute approximate surface area is 104 Å². The molecule has 1 rings (SSSR count). The van der Waals surface area contributed by atoms with E-state index < -0.39 is 0 Å². The summed E-state index contributed by atoms with van der Waals surface area (Å²) in [5.41, 5.74) is 1.40. The van der Waals surface area contributed by atoms with Gasteiger partial charge in [-0.25, -0.2) is 0 Å². The van der Waals surface area contributed by atoms with Gasteiger partial charge in [-0.3, -0.25) is 4.79 Å². The Bertz CT molecular complexity index is 324. The number of carbonyl (C=O) groups is 1. The second-order valence-electron chi connectivity index (χ2n) is 4.36. The molecule has 0 bridgehead atoms. The van der Waals surface area contributed by atoms with Gasteiger partial charge in [0.05, 0.1) is 6.10 Å². The predicted molar refractivity (Wildman–Crippen MR) is 70.7 cm³/mol. The van der Waals surface area contributed by atoms with Crippen LogP contribution in [0.4, 0.5) is 0 Å². The van der Waals surface area contributed by atoms with Crippen LogP contribution in [0.2, 0.25) is 0 Å². The van der Waals surface area contributed by atoms with Crippen LogP contribution in [-0.4, -0.2) is 12.1 Å². The first-order valence-electron chi connectivity index (χ1n) is 6.41. The lowest BCUT2D eigenvalue weighted by atomic mass is 10.0. The minimum Gasteiger partial charge on any atom is -0.463 e. The Morgan fingerprint density at radius 3 is 3.00 bits per heavy atom. The Morgan fingerprint density at radius 2 is 2.24 bits per heavy atom. The Hall–Kier alpha value is -1.31. The summed E-state index contributed by atoms with van der Waals surface area (Å²) in [6, 6.07) is 0. The van der Waals surface area contributed by atoms with Crippen LogP contribution in [0.1, 0.15) is 46.0 Å². The highest BCUT2D eigenvalue weighted by Crippen LogP contribution is 2.16. The van der Waals surface area contributed by atoms with E-state index in [-0.39, 0.29) is 12.1 Å². The van der Waals surface area contributed by atoms with E-state index in [0.717, 1.165) is 25.7 Å². The van der Waals surface area contributed by atoms with Crippen LogP contribution in [-0.2, 0) is 9.53 Å². The lowest BCUT2D eigenvalue weighted by Gasteiger charge is -2.13. The van der Waals surface area contributed by atoms with Gasteiger partial charge in [0.25, 0.3) is 0 Å². The van der Waals surface area contributed by atoms with Crippen molar-refractivity contribution in [2.75, 3.05) is 0 Å². The lowest BCUT2D eigenvalue weighted by molar-refractivity contribution is -0.148. The zero-order valence-corrected chi connectivity index (χ0v) is 10.8. The van der Waals surface area contributed by atoms with Crippen molar-refractivity contribution >= 4 is 5.97 Å². The summed E-state index contributed by atoms with van der Waals surface area (Å²) in [5.74, 6) is -0.107. The van der Waals surface area contributed by atoms with Gasteiger partial charge in [0, 0.05) is 6.42 Å². The van der Waals surface area contributed by atoms with E-state index in [1.807, 2.05) is 13.8 Å². The number of carbonyl (C=O) groups excluding carboxylic acids is 1. The molecule has 0 aromatic rings. The molecule has 2 nitrogen and oxygen atoms in total. The zero-order valence-electron chi connectivity index (χ0n) is 10.8. The second-order valence-corrected chi connectivity index (χ2v) is 4.36. The summed E-state index contributed by atoms with van der Waals surface area (Å²) in [4.78, 5) is 11.1. The van der Waals surface area contributed by atoms with Crippen LogP contribution in [0.5, 0.6) is 0 Å². The molecule has 0 aromatic carbocycles. The fourth-order valence-corrected chi connectivity index (χ4v) is 1.70. The van der Waals surface area contributed by atoms with E-state index in [1.165, 1.54) is 5.57 Å². The lowest BCUT2D eigenvalue weighted by Crippen LogP contribution is -2.14. The van der Waals surface area contributed by atoms with Crippen molar-refractivity contribution in [3.63, 3.8) is 0 Å². The Morgan fingerprint density at radius 1 is 1.41 bits per heavy atom. The van der Waals surface area contributed by atoms with E-state index in [4.69, 9.17) is 4.74 Å². The quantitative estimate of drug-likeness (QED) is 0.532. The molecule has 0 heterocycles. The number of hydrogen-bond acceptors (Lipinski definition) is 2. The highest BCUT2D eigenvalue weighted by Gasteiger charge is 2.08. The van der Waals surface area contributed by atoms with E-state index in [1.54, 1.807) is 0 Å². The van der Waals surface area contributed by atoms with Gasteiger partial charge in [-0.05, 0) is 32.6 Å². The summed E-state index contributed by atoms with van der Waals surface area (Å²) in [6.07, 6.45) is 15.2. The van der Waals surface area contributed by atoms with Gasteiger partial charge in [-0.1, -0.05) is 42.9 Å². The first-order valence-corrected chi connectivity index (χ1v) is 6.41. The average Bonchev–Trinajstić information content (AvgIpc) is 2.27. The molecule has 0 N–H and O–H groups in total. The minimum absolute atomic E-state index is 0.0155. The van der Waals surface area contributed by atoms with Crippen molar-refractivity contribution in [3.8, 4) is 0 Å². The summed E-state index contributed by atoms with van der Waals surface area (Å²) in [5, 5.41) is 0. The maximum absolute atomic E-state index is 11.1. The van der Waals surface area contributed by atoms with Gasteiger partial charge in [0.1, 0.15) is 0 Å². The molecule has 0 fully saturated rings. The summed E-state index contributed by atoms with van der Waals surface area (Å²) < 4.78 is 5.24. The molecule has 0 amide bonds. The molecular formula is C15H22O2. The van der Waals surface area contributed by atoms with E-state index in [2.05, 4.69) is 30.4 Å². The van der Waals surface area contributed by atoms with Crippen molar-refractivity contribution in [2.24, 2.45) is 0 Å². The molecule has 0 saturated carbocycles. The molecule has 0 spiro atoms. The third kappa shape index (κ3) is 6.10. The monoisotopic (exact) mass is 234 g/mol. The maximum Gasteiger partial charge on any atom is 0.305 e. The van der Waals surface area contributed by atoms with Crippen molar-refractivity contribution < 1.29 is 9.53 Å². The van der Waals surface area contributed by atoms with Crippen LogP contribution in [0.25, 0.3) is 0 Å². The smallest absolute Gasteiger partial charge is 0.305 e. The summed E-state index contributed by atoms with van der Waals surface area (Å²) >= 11 is 0. The minimum atomic E-state index is -0.107. The first-order chi connectivity index (χ1) is 8.22. The first kappa shape index (κ1) is 13.8. The Kier molecular flexibility index (Phi) is 6.38. The van der Waals surface area contributed by atoms with Gasteiger partial charge < -0.3 is 4.74 Å². The van der Waals surface area contributed by atoms with Crippen LogP contribution in [0.15, 0.2) is 36.0 Å². The molecule has 2 heteroatoms. The van der Waals surface area contributed by atoms with Crippen LogP contribution < -0.4 is 0 Å². The van der Waals surface area contributed by atoms with E-state index in [9.17, 15) is 4.79 Å². The molecule has 0 unspecified atom stereocenters. The number of rotatable bonds is 5. The third-order valence-corrected chi connectivity index (χ3v) is 2.78. The van der Waals surface area contributed by atoms with Crippen LogP contribution in [0.3, 0.4) is 0 Å². The van der Waals surface area contributed by atoms with Crippen molar-refractivity contribution in [2.45, 2.75) is 52.1 Å². The molecule has 0 saturated heterocycles. The molecule has 1 aliphatic carbocycles. The second kappa shape index (κ2) is 7.88. The van der Waals surface area contributed by atoms with Crippen molar-refractivity contribution in [1.29, 1.82) is 0 Å².